The zero-order chi connectivity index (χ0) is 39.7. The first kappa shape index (κ1) is 43.2. The molecule has 0 aliphatic carbocycles. The highest BCUT2D eigenvalue weighted by Gasteiger charge is 2.26. The maximum absolute atomic E-state index is 11.9. The smallest absolute Gasteiger partial charge is 0.150 e. The van der Waals surface area contributed by atoms with Gasteiger partial charge in [0.05, 0.1) is 6.61 Å². The van der Waals surface area contributed by atoms with Crippen molar-refractivity contribution in [2.24, 2.45) is 0 Å². The predicted molar refractivity (Wildman–Crippen MR) is 229 cm³/mol. The van der Waals surface area contributed by atoms with Crippen LogP contribution < -0.4 is 9.47 Å². The van der Waals surface area contributed by atoms with Gasteiger partial charge in [0.2, 0.25) is 0 Å². The minimum Gasteiger partial charge on any atom is -0.489 e. The molecule has 294 valence electrons. The molecular weight excluding hydrogens is 681 g/mol. The van der Waals surface area contributed by atoms with Crippen LogP contribution >= 0.6 is 0 Å². The molecule has 0 bridgehead atoms. The van der Waals surface area contributed by atoms with Crippen LogP contribution in [0.4, 0.5) is 0 Å². The molecule has 4 aromatic rings. The van der Waals surface area contributed by atoms with Crippen LogP contribution in [-0.4, -0.2) is 66.7 Å². The molecule has 1 unspecified atom stereocenters. The Morgan fingerprint density at radius 3 is 1.55 bits per heavy atom. The van der Waals surface area contributed by atoms with Crippen LogP contribution in [0.3, 0.4) is 0 Å². The fraction of sp³-hybridized carbons (Fsp3) is 0.408. The molecule has 0 heterocycles. The number of aldehydes is 1. The van der Waals surface area contributed by atoms with E-state index in [-0.39, 0.29) is 24.1 Å². The molecule has 6 heteroatoms. The molecule has 6 nitrogen and oxygen atoms in total. The largest absolute Gasteiger partial charge is 0.489 e. The molecule has 3 atom stereocenters. The summed E-state index contributed by atoms with van der Waals surface area (Å²) in [5.74, 6) is 1.82. The topological polar surface area (TPSA) is 51.2 Å². The van der Waals surface area contributed by atoms with E-state index in [0.717, 1.165) is 54.8 Å². The van der Waals surface area contributed by atoms with E-state index >= 15 is 0 Å². The number of rotatable bonds is 24. The summed E-state index contributed by atoms with van der Waals surface area (Å²) in [4.78, 5) is 16.9. The van der Waals surface area contributed by atoms with Crippen molar-refractivity contribution in [3.63, 3.8) is 0 Å². The van der Waals surface area contributed by atoms with Crippen LogP contribution in [0, 0.1) is 0 Å². The van der Waals surface area contributed by atoms with Gasteiger partial charge in [-0.1, -0.05) is 92.0 Å². The minimum atomic E-state index is -0.148. The Morgan fingerprint density at radius 2 is 1.07 bits per heavy atom. The van der Waals surface area contributed by atoms with Crippen molar-refractivity contribution in [1.82, 2.24) is 9.80 Å². The highest BCUT2D eigenvalue weighted by atomic mass is 16.5. The molecule has 55 heavy (non-hydrogen) atoms. The first-order valence-corrected chi connectivity index (χ1v) is 20.0. The summed E-state index contributed by atoms with van der Waals surface area (Å²) >= 11 is 0. The van der Waals surface area contributed by atoms with E-state index < -0.39 is 0 Å². The number of carbonyl (C=O) groups is 1. The number of hydrogen-bond donors (Lipinski definition) is 0. The average Bonchev–Trinajstić information content (AvgIpc) is 3.19. The SMILES string of the molecule is C=CCOc1ccc(COC(C)N(CC[C@H](c2ccccc2)c2cc(C=O)ccc2OCC=C)C(C)C)cc1[C@H](CCN(C(C)C)C(C)C)c1ccccc1. The van der Waals surface area contributed by atoms with Gasteiger partial charge in [-0.2, -0.15) is 0 Å². The summed E-state index contributed by atoms with van der Waals surface area (Å²) in [5.41, 5.74) is 6.37. The zero-order valence-electron chi connectivity index (χ0n) is 34.3. The molecule has 0 saturated carbocycles. The number of carbonyl (C=O) groups excluding carboxylic acids is 1. The Bertz CT molecular complexity index is 1750. The third-order valence-corrected chi connectivity index (χ3v) is 10.4. The molecule has 0 aliphatic heterocycles. The number of ether oxygens (including phenoxy) is 3. The standard InChI is InChI=1S/C49H64N2O4/c1-10-30-53-48-24-22-40(34-52)32-46(48)45(43-20-16-13-17-21-43)27-29-51(38(7)8)39(9)55-35-41-23-25-49(54-31-11-2)47(33-41)44(42-18-14-12-15-19-42)26-28-50(36(3)4)37(5)6/h10-25,32-34,36-39,44-45H,1-2,26-31,35H2,3-9H3/t39?,44-,45-/m1/s1. The third-order valence-electron chi connectivity index (χ3n) is 10.4. The summed E-state index contributed by atoms with van der Waals surface area (Å²) in [7, 11) is 0. The van der Waals surface area contributed by atoms with Gasteiger partial charge in [-0.3, -0.25) is 14.6 Å². The maximum atomic E-state index is 11.9. The van der Waals surface area contributed by atoms with E-state index in [1.54, 1.807) is 12.2 Å². The lowest BCUT2D eigenvalue weighted by molar-refractivity contribution is -0.0710. The normalized spacial score (nSPS) is 13.3. The fourth-order valence-corrected chi connectivity index (χ4v) is 7.65. The predicted octanol–water partition coefficient (Wildman–Crippen LogP) is 11.1. The summed E-state index contributed by atoms with van der Waals surface area (Å²) in [6.07, 6.45) is 6.07. The van der Waals surface area contributed by atoms with Crippen LogP contribution in [0.5, 0.6) is 11.5 Å². The Labute approximate surface area is 331 Å². The van der Waals surface area contributed by atoms with Crippen molar-refractivity contribution >= 4 is 6.29 Å². The summed E-state index contributed by atoms with van der Waals surface area (Å²) < 4.78 is 19.1. The number of nitrogens with zero attached hydrogens (tertiary/aromatic N) is 2. The summed E-state index contributed by atoms with van der Waals surface area (Å²) in [5, 5.41) is 0. The molecule has 0 N–H and O–H groups in total. The molecule has 4 aromatic carbocycles. The molecule has 0 saturated heterocycles. The van der Waals surface area contributed by atoms with Gasteiger partial charge in [-0.15, -0.1) is 0 Å². The van der Waals surface area contributed by atoms with E-state index in [0.29, 0.717) is 37.5 Å². The van der Waals surface area contributed by atoms with Crippen molar-refractivity contribution < 1.29 is 19.0 Å². The molecule has 0 radical (unpaired) electrons. The van der Waals surface area contributed by atoms with Crippen LogP contribution in [0.1, 0.15) is 111 Å². The van der Waals surface area contributed by atoms with Gasteiger partial charge in [-0.25, -0.2) is 0 Å². The Kier molecular flexibility index (Phi) is 17.4. The number of hydrogen-bond acceptors (Lipinski definition) is 6. The first-order chi connectivity index (χ1) is 26.6. The lowest BCUT2D eigenvalue weighted by atomic mass is 9.86. The van der Waals surface area contributed by atoms with Crippen LogP contribution in [0.2, 0.25) is 0 Å². The van der Waals surface area contributed by atoms with Crippen molar-refractivity contribution in [1.29, 1.82) is 0 Å². The highest BCUT2D eigenvalue weighted by Crippen LogP contribution is 2.38. The van der Waals surface area contributed by atoms with Gasteiger partial charge >= 0.3 is 0 Å². The Balaban J connectivity index is 1.59. The third kappa shape index (κ3) is 12.5. The van der Waals surface area contributed by atoms with Crippen molar-refractivity contribution in [3.8, 4) is 11.5 Å². The van der Waals surface area contributed by atoms with Gasteiger partial charge in [0.15, 0.2) is 0 Å². The molecular formula is C49H64N2O4. The molecule has 0 amide bonds. The van der Waals surface area contributed by atoms with Gasteiger partial charge in [0.25, 0.3) is 0 Å². The average molecular weight is 745 g/mol. The van der Waals surface area contributed by atoms with Crippen LogP contribution in [0.15, 0.2) is 122 Å². The van der Waals surface area contributed by atoms with Crippen LogP contribution in [-0.2, 0) is 11.3 Å². The van der Waals surface area contributed by atoms with Crippen molar-refractivity contribution in [2.45, 2.75) is 104 Å². The van der Waals surface area contributed by atoms with Crippen LogP contribution in [0.25, 0.3) is 0 Å². The van der Waals surface area contributed by atoms with E-state index in [1.807, 2.05) is 24.3 Å². The molecule has 0 spiro atoms. The second-order valence-corrected chi connectivity index (χ2v) is 15.2. The lowest BCUT2D eigenvalue weighted by Gasteiger charge is -2.34. The van der Waals surface area contributed by atoms with Gasteiger partial charge in [0.1, 0.15) is 37.2 Å². The number of benzene rings is 4. The molecule has 0 aromatic heterocycles. The molecule has 4 rings (SSSR count). The van der Waals surface area contributed by atoms with E-state index in [2.05, 4.69) is 144 Å². The zero-order valence-corrected chi connectivity index (χ0v) is 34.3. The maximum Gasteiger partial charge on any atom is 0.150 e. The minimum absolute atomic E-state index is 0.0114. The highest BCUT2D eigenvalue weighted by molar-refractivity contribution is 5.76. The fourth-order valence-electron chi connectivity index (χ4n) is 7.65. The second-order valence-electron chi connectivity index (χ2n) is 15.2. The lowest BCUT2D eigenvalue weighted by Crippen LogP contribution is -2.41. The van der Waals surface area contributed by atoms with Gasteiger partial charge in [0, 0.05) is 53.2 Å². The van der Waals surface area contributed by atoms with Crippen molar-refractivity contribution in [2.75, 3.05) is 26.3 Å². The first-order valence-electron chi connectivity index (χ1n) is 20.0. The second kappa shape index (κ2) is 22.2. The van der Waals surface area contributed by atoms with E-state index in [9.17, 15) is 4.79 Å². The van der Waals surface area contributed by atoms with Gasteiger partial charge < -0.3 is 14.2 Å². The Morgan fingerprint density at radius 1 is 0.600 bits per heavy atom. The van der Waals surface area contributed by atoms with Crippen molar-refractivity contribution in [3.05, 3.63) is 156 Å². The quantitative estimate of drug-likeness (QED) is 0.0404. The summed E-state index contributed by atoms with van der Waals surface area (Å²) in [6, 6.07) is 34.6. The monoisotopic (exact) mass is 744 g/mol. The summed E-state index contributed by atoms with van der Waals surface area (Å²) in [6.45, 7) is 26.5. The van der Waals surface area contributed by atoms with E-state index in [4.69, 9.17) is 14.2 Å². The van der Waals surface area contributed by atoms with Gasteiger partial charge in [-0.05, 0) is 115 Å². The Hall–Kier alpha value is -4.49. The van der Waals surface area contributed by atoms with E-state index in [1.165, 1.54) is 16.7 Å². The molecule has 0 fully saturated rings. The molecule has 0 aliphatic rings.